The largest absolute Gasteiger partial charge is 0.439 e. The minimum Gasteiger partial charge on any atom is -0.439 e. The number of aromatic nitrogens is 5. The Hall–Kier alpha value is -3.72. The highest BCUT2D eigenvalue weighted by Crippen LogP contribution is 2.40. The fourth-order valence-electron chi connectivity index (χ4n) is 3.74. The summed E-state index contributed by atoms with van der Waals surface area (Å²) in [6.07, 6.45) is 5.61. The number of anilines is 1. The lowest BCUT2D eigenvalue weighted by molar-refractivity contribution is 0.254. The first-order valence-corrected chi connectivity index (χ1v) is 10.8. The molecule has 2 N–H and O–H groups in total. The van der Waals surface area contributed by atoms with Crippen molar-refractivity contribution in [3.63, 3.8) is 0 Å². The van der Waals surface area contributed by atoms with Crippen molar-refractivity contribution in [3.8, 4) is 11.6 Å². The van der Waals surface area contributed by atoms with E-state index >= 15 is 0 Å². The summed E-state index contributed by atoms with van der Waals surface area (Å²) in [5.74, 6) is 2.25. The van der Waals surface area contributed by atoms with Gasteiger partial charge in [0, 0.05) is 48.9 Å². The van der Waals surface area contributed by atoms with E-state index in [1.54, 1.807) is 10.8 Å². The molecule has 0 unspecified atom stereocenters. The lowest BCUT2D eigenvalue weighted by Gasteiger charge is -2.08. The first-order chi connectivity index (χ1) is 15.6. The molecule has 0 aliphatic heterocycles. The number of amides is 1. The number of carbonyl (C=O) groups excluding carboxylic acids is 1. The van der Waals surface area contributed by atoms with Gasteiger partial charge in [0.25, 0.3) is 0 Å². The third-order valence-corrected chi connectivity index (χ3v) is 5.50. The molecular formula is C23H25N7O2. The highest BCUT2D eigenvalue weighted by Gasteiger charge is 2.27. The number of fused-ring (bicyclic) bond motifs is 1. The second kappa shape index (κ2) is 8.43. The van der Waals surface area contributed by atoms with Gasteiger partial charge in [0.2, 0.25) is 5.88 Å². The Kier molecular flexibility index (Phi) is 5.32. The second-order valence-corrected chi connectivity index (χ2v) is 7.92. The molecule has 9 heteroatoms. The van der Waals surface area contributed by atoms with E-state index in [2.05, 4.69) is 25.7 Å². The lowest BCUT2D eigenvalue weighted by Crippen LogP contribution is -2.18. The normalized spacial score (nSPS) is 13.4. The maximum Gasteiger partial charge on any atom is 0.331 e. The molecule has 0 atom stereocenters. The SMILES string of the molecule is CCNCc1cc(Oc2ccc3c(ccn3C(=O)Nc3cc(C4CC4)n(C)n3)c2)ncn1. The molecule has 3 aromatic heterocycles. The van der Waals surface area contributed by atoms with Crippen LogP contribution in [0.25, 0.3) is 10.9 Å². The Bertz CT molecular complexity index is 1270. The minimum absolute atomic E-state index is 0.252. The highest BCUT2D eigenvalue weighted by molar-refractivity contribution is 5.98. The molecule has 1 amide bonds. The van der Waals surface area contributed by atoms with E-state index in [0.29, 0.717) is 29.9 Å². The Labute approximate surface area is 185 Å². The Morgan fingerprint density at radius 1 is 1.19 bits per heavy atom. The van der Waals surface area contributed by atoms with E-state index in [0.717, 1.165) is 28.8 Å². The first-order valence-electron chi connectivity index (χ1n) is 10.8. The van der Waals surface area contributed by atoms with Gasteiger partial charge in [-0.15, -0.1) is 0 Å². The van der Waals surface area contributed by atoms with E-state index in [4.69, 9.17) is 4.74 Å². The van der Waals surface area contributed by atoms with Gasteiger partial charge in [-0.2, -0.15) is 5.10 Å². The molecule has 0 bridgehead atoms. The van der Waals surface area contributed by atoms with Crippen LogP contribution in [0.15, 0.2) is 48.9 Å². The number of nitrogens with one attached hydrogen (secondary N) is 2. The Morgan fingerprint density at radius 2 is 2.06 bits per heavy atom. The molecule has 1 aliphatic rings. The summed E-state index contributed by atoms with van der Waals surface area (Å²) >= 11 is 0. The number of hydrogen-bond donors (Lipinski definition) is 2. The topological polar surface area (TPSA) is 98.9 Å². The third-order valence-electron chi connectivity index (χ3n) is 5.50. The number of ether oxygens (including phenoxy) is 1. The van der Waals surface area contributed by atoms with Gasteiger partial charge in [0.05, 0.1) is 11.2 Å². The fraction of sp³-hybridized carbons (Fsp3) is 0.304. The molecule has 0 spiro atoms. The van der Waals surface area contributed by atoms with Crippen LogP contribution in [-0.4, -0.2) is 36.9 Å². The first kappa shape index (κ1) is 20.2. The van der Waals surface area contributed by atoms with Crippen LogP contribution in [0, 0.1) is 0 Å². The standard InChI is InChI=1S/C23H25N7O2/c1-3-24-13-17-11-22(26-14-25-17)32-18-6-7-19-16(10-18)8-9-30(19)23(31)27-21-12-20(15-4-5-15)29(2)28-21/h6-12,14-15,24H,3-5,13H2,1-2H3,(H,27,28,31). The van der Waals surface area contributed by atoms with Crippen molar-refractivity contribution in [3.05, 3.63) is 60.3 Å². The molecule has 1 aromatic carbocycles. The van der Waals surface area contributed by atoms with E-state index < -0.39 is 0 Å². The average Bonchev–Trinajstić information content (AvgIpc) is 3.44. The van der Waals surface area contributed by atoms with Gasteiger partial charge in [-0.1, -0.05) is 6.92 Å². The molecule has 3 heterocycles. The van der Waals surface area contributed by atoms with Gasteiger partial charge in [-0.25, -0.2) is 14.8 Å². The molecule has 164 valence electrons. The number of nitrogens with zero attached hydrogens (tertiary/aromatic N) is 5. The predicted octanol–water partition coefficient (Wildman–Crippen LogP) is 4.02. The van der Waals surface area contributed by atoms with Gasteiger partial charge in [-0.05, 0) is 43.7 Å². The number of benzene rings is 1. The number of aryl methyl sites for hydroxylation is 1. The summed E-state index contributed by atoms with van der Waals surface area (Å²) in [5, 5.41) is 11.4. The van der Waals surface area contributed by atoms with Gasteiger partial charge >= 0.3 is 6.03 Å². The van der Waals surface area contributed by atoms with Crippen molar-refractivity contribution in [2.75, 3.05) is 11.9 Å². The summed E-state index contributed by atoms with van der Waals surface area (Å²) in [7, 11) is 1.91. The van der Waals surface area contributed by atoms with Gasteiger partial charge in [-0.3, -0.25) is 14.6 Å². The summed E-state index contributed by atoms with van der Waals surface area (Å²) in [6, 6.07) is 11.0. The molecule has 0 saturated heterocycles. The van der Waals surface area contributed by atoms with Crippen molar-refractivity contribution < 1.29 is 9.53 Å². The van der Waals surface area contributed by atoms with E-state index in [9.17, 15) is 4.79 Å². The third kappa shape index (κ3) is 4.19. The van der Waals surface area contributed by atoms with Crippen molar-refractivity contribution in [1.82, 2.24) is 29.6 Å². The van der Waals surface area contributed by atoms with Crippen LogP contribution in [0.3, 0.4) is 0 Å². The molecule has 1 saturated carbocycles. The van der Waals surface area contributed by atoms with Crippen LogP contribution in [0.4, 0.5) is 10.6 Å². The van der Waals surface area contributed by atoms with Crippen molar-refractivity contribution in [2.24, 2.45) is 7.05 Å². The van der Waals surface area contributed by atoms with E-state index in [1.165, 1.54) is 19.2 Å². The smallest absolute Gasteiger partial charge is 0.331 e. The number of hydrogen-bond acceptors (Lipinski definition) is 6. The summed E-state index contributed by atoms with van der Waals surface area (Å²) in [4.78, 5) is 21.3. The average molecular weight is 432 g/mol. The minimum atomic E-state index is -0.252. The van der Waals surface area contributed by atoms with Crippen LogP contribution in [-0.2, 0) is 13.6 Å². The van der Waals surface area contributed by atoms with Gasteiger partial charge in [0.1, 0.15) is 12.1 Å². The second-order valence-electron chi connectivity index (χ2n) is 7.92. The molecule has 32 heavy (non-hydrogen) atoms. The predicted molar refractivity (Wildman–Crippen MR) is 121 cm³/mol. The lowest BCUT2D eigenvalue weighted by atomic mass is 10.2. The van der Waals surface area contributed by atoms with Crippen LogP contribution < -0.4 is 15.4 Å². The summed E-state index contributed by atoms with van der Waals surface area (Å²) in [5.41, 5.74) is 2.81. The number of rotatable bonds is 7. The molecule has 9 nitrogen and oxygen atoms in total. The fourth-order valence-corrected chi connectivity index (χ4v) is 3.74. The molecule has 0 radical (unpaired) electrons. The van der Waals surface area contributed by atoms with E-state index in [-0.39, 0.29) is 6.03 Å². The molecule has 1 aliphatic carbocycles. The van der Waals surface area contributed by atoms with E-state index in [1.807, 2.05) is 55.1 Å². The highest BCUT2D eigenvalue weighted by atomic mass is 16.5. The molecule has 4 aromatic rings. The van der Waals surface area contributed by atoms with Crippen molar-refractivity contribution in [1.29, 1.82) is 0 Å². The van der Waals surface area contributed by atoms with Gasteiger partial charge < -0.3 is 10.1 Å². The monoisotopic (exact) mass is 431 g/mol. The van der Waals surface area contributed by atoms with Crippen LogP contribution in [0.5, 0.6) is 11.6 Å². The molecule has 5 rings (SSSR count). The van der Waals surface area contributed by atoms with Crippen LogP contribution in [0.2, 0.25) is 0 Å². The summed E-state index contributed by atoms with van der Waals surface area (Å²) < 4.78 is 9.34. The van der Waals surface area contributed by atoms with Crippen molar-refractivity contribution >= 4 is 22.8 Å². The maximum absolute atomic E-state index is 12.8. The number of carbonyl (C=O) groups is 1. The van der Waals surface area contributed by atoms with Gasteiger partial charge in [0.15, 0.2) is 5.82 Å². The van der Waals surface area contributed by atoms with Crippen LogP contribution in [0.1, 0.15) is 37.1 Å². The Balaban J connectivity index is 1.31. The Morgan fingerprint density at radius 3 is 2.88 bits per heavy atom. The zero-order valence-electron chi connectivity index (χ0n) is 18.1. The molecule has 1 fully saturated rings. The zero-order chi connectivity index (χ0) is 22.1. The maximum atomic E-state index is 12.8. The van der Waals surface area contributed by atoms with Crippen molar-refractivity contribution in [2.45, 2.75) is 32.2 Å². The molecular weight excluding hydrogens is 406 g/mol. The quantitative estimate of drug-likeness (QED) is 0.458. The van der Waals surface area contributed by atoms with Crippen LogP contribution >= 0.6 is 0 Å². The summed E-state index contributed by atoms with van der Waals surface area (Å²) in [6.45, 7) is 3.57. The zero-order valence-corrected chi connectivity index (χ0v) is 18.1.